The van der Waals surface area contributed by atoms with Crippen LogP contribution in [-0.4, -0.2) is 12.6 Å². The van der Waals surface area contributed by atoms with Gasteiger partial charge < -0.3 is 5.32 Å². The molecule has 1 heterocycles. The molecule has 82 valence electrons. The average Bonchev–Trinajstić information content (AvgIpc) is 2.25. The van der Waals surface area contributed by atoms with Crippen molar-refractivity contribution >= 4 is 0 Å². The van der Waals surface area contributed by atoms with E-state index < -0.39 is 0 Å². The molecule has 0 aliphatic carbocycles. The van der Waals surface area contributed by atoms with Crippen LogP contribution in [0.4, 0.5) is 0 Å². The van der Waals surface area contributed by atoms with Gasteiger partial charge in [-0.2, -0.15) is 0 Å². The van der Waals surface area contributed by atoms with E-state index in [1.54, 1.807) is 0 Å². The summed E-state index contributed by atoms with van der Waals surface area (Å²) in [5, 5.41) is 3.63. The molecule has 2 atom stereocenters. The Morgan fingerprint density at radius 3 is 2.67 bits per heavy atom. The molecule has 1 aromatic carbocycles. The fourth-order valence-electron chi connectivity index (χ4n) is 2.37. The van der Waals surface area contributed by atoms with E-state index in [9.17, 15) is 0 Å². The largest absolute Gasteiger partial charge is 0.313 e. The summed E-state index contributed by atoms with van der Waals surface area (Å²) in [6, 6.07) is 9.63. The van der Waals surface area contributed by atoms with Crippen LogP contribution in [0.2, 0.25) is 0 Å². The number of hydrogen-bond acceptors (Lipinski definition) is 1. The summed E-state index contributed by atoms with van der Waals surface area (Å²) in [6.07, 6.45) is 3.90. The lowest BCUT2D eigenvalue weighted by Gasteiger charge is -2.30. The Balaban J connectivity index is 1.98. The lowest BCUT2D eigenvalue weighted by atomic mass is 9.88. The molecule has 15 heavy (non-hydrogen) atoms. The van der Waals surface area contributed by atoms with Gasteiger partial charge in [-0.05, 0) is 44.2 Å². The first-order valence-electron chi connectivity index (χ1n) is 6.04. The smallest absolute Gasteiger partial charge is 0.0133 e. The minimum absolute atomic E-state index is 0.682. The summed E-state index contributed by atoms with van der Waals surface area (Å²) in [7, 11) is 0. The third-order valence-corrected chi connectivity index (χ3v) is 3.51. The van der Waals surface area contributed by atoms with Gasteiger partial charge >= 0.3 is 0 Å². The van der Waals surface area contributed by atoms with Gasteiger partial charge in [-0.1, -0.05) is 36.8 Å². The van der Waals surface area contributed by atoms with E-state index in [0.29, 0.717) is 6.04 Å². The van der Waals surface area contributed by atoms with Gasteiger partial charge in [0, 0.05) is 6.04 Å². The summed E-state index contributed by atoms with van der Waals surface area (Å²) in [4.78, 5) is 0. The number of hydrogen-bond donors (Lipinski definition) is 1. The molecule has 1 fully saturated rings. The van der Waals surface area contributed by atoms with Gasteiger partial charge in [0.2, 0.25) is 0 Å². The van der Waals surface area contributed by atoms with Crippen molar-refractivity contribution in [2.75, 3.05) is 6.54 Å². The molecule has 0 spiro atoms. The Bertz CT molecular complexity index is 302. The van der Waals surface area contributed by atoms with Crippen molar-refractivity contribution in [3.05, 3.63) is 35.4 Å². The molecule has 0 aromatic heterocycles. The monoisotopic (exact) mass is 203 g/mol. The zero-order valence-corrected chi connectivity index (χ0v) is 9.79. The first-order valence-corrected chi connectivity index (χ1v) is 6.04. The first kappa shape index (κ1) is 10.7. The second-order valence-corrected chi connectivity index (χ2v) is 4.87. The molecular weight excluding hydrogens is 182 g/mol. The lowest BCUT2D eigenvalue weighted by molar-refractivity contribution is 0.298. The van der Waals surface area contributed by atoms with Crippen LogP contribution in [0, 0.1) is 12.8 Å². The van der Waals surface area contributed by atoms with Crippen LogP contribution in [0.15, 0.2) is 24.3 Å². The number of piperidine rings is 1. The van der Waals surface area contributed by atoms with Gasteiger partial charge in [-0.15, -0.1) is 0 Å². The summed E-state index contributed by atoms with van der Waals surface area (Å²) in [6.45, 7) is 5.71. The van der Waals surface area contributed by atoms with Crippen molar-refractivity contribution in [2.45, 2.75) is 39.2 Å². The molecule has 0 radical (unpaired) electrons. The predicted molar refractivity (Wildman–Crippen MR) is 65.1 cm³/mol. The zero-order chi connectivity index (χ0) is 10.7. The molecular formula is C14H21N. The quantitative estimate of drug-likeness (QED) is 0.779. The van der Waals surface area contributed by atoms with Crippen molar-refractivity contribution in [3.63, 3.8) is 0 Å². The molecule has 0 bridgehead atoms. The molecule has 0 saturated carbocycles. The maximum Gasteiger partial charge on any atom is 0.0133 e. The second-order valence-electron chi connectivity index (χ2n) is 4.87. The van der Waals surface area contributed by atoms with Crippen LogP contribution in [0.5, 0.6) is 0 Å². The number of nitrogens with one attached hydrogen (secondary N) is 1. The van der Waals surface area contributed by atoms with Crippen LogP contribution in [0.1, 0.15) is 30.9 Å². The minimum Gasteiger partial charge on any atom is -0.313 e. The fraction of sp³-hybridized carbons (Fsp3) is 0.571. The van der Waals surface area contributed by atoms with Crippen LogP contribution in [0.25, 0.3) is 0 Å². The Morgan fingerprint density at radius 2 is 2.00 bits per heavy atom. The van der Waals surface area contributed by atoms with Crippen molar-refractivity contribution in [1.82, 2.24) is 5.32 Å². The molecule has 1 aromatic rings. The van der Waals surface area contributed by atoms with E-state index in [0.717, 1.165) is 5.92 Å². The highest BCUT2D eigenvalue weighted by Gasteiger charge is 2.20. The summed E-state index contributed by atoms with van der Waals surface area (Å²) >= 11 is 0. The van der Waals surface area contributed by atoms with E-state index >= 15 is 0 Å². The van der Waals surface area contributed by atoms with Gasteiger partial charge in [0.1, 0.15) is 0 Å². The number of benzene rings is 1. The van der Waals surface area contributed by atoms with Crippen LogP contribution in [0.3, 0.4) is 0 Å². The summed E-state index contributed by atoms with van der Waals surface area (Å²) < 4.78 is 0. The molecule has 1 saturated heterocycles. The van der Waals surface area contributed by atoms with Crippen LogP contribution < -0.4 is 5.32 Å². The Labute approximate surface area is 92.9 Å². The Hall–Kier alpha value is -0.820. The predicted octanol–water partition coefficient (Wildman–Crippen LogP) is 2.93. The van der Waals surface area contributed by atoms with Crippen molar-refractivity contribution in [3.8, 4) is 0 Å². The second kappa shape index (κ2) is 4.80. The zero-order valence-electron chi connectivity index (χ0n) is 9.79. The minimum atomic E-state index is 0.682. The maximum absolute atomic E-state index is 3.63. The number of aryl methyl sites for hydroxylation is 1. The van der Waals surface area contributed by atoms with Crippen LogP contribution >= 0.6 is 0 Å². The van der Waals surface area contributed by atoms with Gasteiger partial charge in [0.05, 0.1) is 0 Å². The van der Waals surface area contributed by atoms with Gasteiger partial charge in [-0.25, -0.2) is 0 Å². The van der Waals surface area contributed by atoms with E-state index in [4.69, 9.17) is 0 Å². The molecule has 1 heteroatoms. The summed E-state index contributed by atoms with van der Waals surface area (Å²) in [5.74, 6) is 0.819. The molecule has 1 nitrogen and oxygen atoms in total. The van der Waals surface area contributed by atoms with E-state index in [1.165, 1.54) is 36.9 Å². The van der Waals surface area contributed by atoms with Crippen molar-refractivity contribution in [2.24, 2.45) is 5.92 Å². The van der Waals surface area contributed by atoms with E-state index in [2.05, 4.69) is 43.4 Å². The summed E-state index contributed by atoms with van der Waals surface area (Å²) in [5.41, 5.74) is 2.82. The maximum atomic E-state index is 3.63. The highest BCUT2D eigenvalue weighted by Crippen LogP contribution is 2.19. The Morgan fingerprint density at radius 1 is 1.27 bits per heavy atom. The SMILES string of the molecule is Cc1ccc(CC2NCCCC2C)cc1. The molecule has 1 aliphatic rings. The third-order valence-electron chi connectivity index (χ3n) is 3.51. The van der Waals surface area contributed by atoms with E-state index in [-0.39, 0.29) is 0 Å². The average molecular weight is 203 g/mol. The van der Waals surface area contributed by atoms with Crippen molar-refractivity contribution in [1.29, 1.82) is 0 Å². The van der Waals surface area contributed by atoms with Gasteiger partial charge in [0.25, 0.3) is 0 Å². The molecule has 1 aliphatic heterocycles. The highest BCUT2D eigenvalue weighted by molar-refractivity contribution is 5.22. The van der Waals surface area contributed by atoms with Gasteiger partial charge in [-0.3, -0.25) is 0 Å². The molecule has 2 rings (SSSR count). The topological polar surface area (TPSA) is 12.0 Å². The first-order chi connectivity index (χ1) is 7.25. The third kappa shape index (κ3) is 2.82. The highest BCUT2D eigenvalue weighted by atomic mass is 14.9. The lowest BCUT2D eigenvalue weighted by Crippen LogP contribution is -2.41. The fourth-order valence-corrected chi connectivity index (χ4v) is 2.37. The molecule has 2 unspecified atom stereocenters. The van der Waals surface area contributed by atoms with Crippen molar-refractivity contribution < 1.29 is 0 Å². The Kier molecular flexibility index (Phi) is 3.42. The molecule has 0 amide bonds. The standard InChI is InChI=1S/C14H21N/c1-11-5-7-13(8-6-11)10-14-12(2)4-3-9-15-14/h5-8,12,14-15H,3-4,9-10H2,1-2H3. The number of rotatable bonds is 2. The molecule has 1 N–H and O–H groups in total. The normalized spacial score (nSPS) is 26.5. The van der Waals surface area contributed by atoms with Crippen LogP contribution in [-0.2, 0) is 6.42 Å². The van der Waals surface area contributed by atoms with E-state index in [1.807, 2.05) is 0 Å². The van der Waals surface area contributed by atoms with Gasteiger partial charge in [0.15, 0.2) is 0 Å².